The summed E-state index contributed by atoms with van der Waals surface area (Å²) in [6.45, 7) is 2.24. The fourth-order valence-electron chi connectivity index (χ4n) is 3.24. The molecule has 2 aromatic heterocycles. The Kier molecular flexibility index (Phi) is 5.57. The lowest BCUT2D eigenvalue weighted by molar-refractivity contribution is -0.116. The highest BCUT2D eigenvalue weighted by Gasteiger charge is 2.16. The van der Waals surface area contributed by atoms with Gasteiger partial charge in [-0.2, -0.15) is 0 Å². The largest absolute Gasteiger partial charge is 0.352 e. The van der Waals surface area contributed by atoms with Crippen molar-refractivity contribution in [3.05, 3.63) is 90.1 Å². The molecule has 4 aromatic rings. The highest BCUT2D eigenvalue weighted by molar-refractivity contribution is 5.96. The van der Waals surface area contributed by atoms with E-state index in [1.54, 1.807) is 24.3 Å². The maximum atomic E-state index is 12.6. The molecule has 4 rings (SSSR count). The second-order valence-corrected chi connectivity index (χ2v) is 7.03. The number of pyridine rings is 1. The molecule has 0 radical (unpaired) electrons. The highest BCUT2D eigenvalue weighted by atomic mass is 16.2. The summed E-state index contributed by atoms with van der Waals surface area (Å²) in [5, 5.41) is 5.76. The number of hydrogen-bond acceptors (Lipinski definition) is 3. The standard InChI is InChI=1S/C24H22N4O2/c1-17-12-13-20-26-22(18-8-4-2-5-9-18)23(28(20)16-17)27-21(29)14-15-25-24(30)19-10-6-3-7-11-19/h2-13,16H,14-15H2,1H3,(H,25,30)(H,27,29). The number of benzene rings is 2. The van der Waals surface area contributed by atoms with Gasteiger partial charge in [0, 0.05) is 30.3 Å². The molecule has 0 spiro atoms. The summed E-state index contributed by atoms with van der Waals surface area (Å²) in [6, 6.07) is 22.6. The number of carbonyl (C=O) groups excluding carboxylic acids is 2. The summed E-state index contributed by atoms with van der Waals surface area (Å²) in [6.07, 6.45) is 2.10. The molecule has 2 heterocycles. The van der Waals surface area contributed by atoms with Crippen LogP contribution in [0.5, 0.6) is 0 Å². The van der Waals surface area contributed by atoms with E-state index in [0.29, 0.717) is 17.1 Å². The Labute approximate surface area is 174 Å². The molecular formula is C24H22N4O2. The summed E-state index contributed by atoms with van der Waals surface area (Å²) < 4.78 is 1.89. The lowest BCUT2D eigenvalue weighted by atomic mass is 10.1. The van der Waals surface area contributed by atoms with Crippen LogP contribution in [0.3, 0.4) is 0 Å². The quantitative estimate of drug-likeness (QED) is 0.514. The van der Waals surface area contributed by atoms with Crippen LogP contribution in [0.25, 0.3) is 16.9 Å². The van der Waals surface area contributed by atoms with E-state index in [2.05, 4.69) is 10.6 Å². The van der Waals surface area contributed by atoms with E-state index in [1.165, 1.54) is 0 Å². The zero-order valence-corrected chi connectivity index (χ0v) is 16.6. The van der Waals surface area contributed by atoms with Crippen LogP contribution in [0.2, 0.25) is 0 Å². The Morgan fingerprint density at radius 1 is 0.933 bits per heavy atom. The number of nitrogens with zero attached hydrogens (tertiary/aromatic N) is 2. The first-order valence-electron chi connectivity index (χ1n) is 9.79. The third-order valence-electron chi connectivity index (χ3n) is 4.75. The molecule has 0 bridgehead atoms. The molecule has 0 unspecified atom stereocenters. The number of anilines is 1. The van der Waals surface area contributed by atoms with Gasteiger partial charge in [0.15, 0.2) is 0 Å². The number of carbonyl (C=O) groups is 2. The molecule has 0 saturated heterocycles. The Bertz CT molecular complexity index is 1180. The lowest BCUT2D eigenvalue weighted by Gasteiger charge is -2.09. The molecule has 30 heavy (non-hydrogen) atoms. The Balaban J connectivity index is 1.50. The van der Waals surface area contributed by atoms with Gasteiger partial charge in [0.1, 0.15) is 17.2 Å². The van der Waals surface area contributed by atoms with Gasteiger partial charge in [-0.15, -0.1) is 0 Å². The second kappa shape index (κ2) is 8.61. The zero-order chi connectivity index (χ0) is 20.9. The SMILES string of the molecule is Cc1ccc2nc(-c3ccccc3)c(NC(=O)CCNC(=O)c3ccccc3)n2c1. The summed E-state index contributed by atoms with van der Waals surface area (Å²) in [4.78, 5) is 29.5. The highest BCUT2D eigenvalue weighted by Crippen LogP contribution is 2.29. The van der Waals surface area contributed by atoms with Crippen molar-refractivity contribution < 1.29 is 9.59 Å². The molecule has 2 N–H and O–H groups in total. The Morgan fingerprint density at radius 3 is 2.37 bits per heavy atom. The van der Waals surface area contributed by atoms with Crippen LogP contribution in [0.4, 0.5) is 5.82 Å². The van der Waals surface area contributed by atoms with Gasteiger partial charge < -0.3 is 10.6 Å². The number of imidazole rings is 1. The van der Waals surface area contributed by atoms with Crippen LogP contribution in [-0.4, -0.2) is 27.7 Å². The molecule has 150 valence electrons. The fraction of sp³-hybridized carbons (Fsp3) is 0.125. The predicted molar refractivity (Wildman–Crippen MR) is 117 cm³/mol. The van der Waals surface area contributed by atoms with Crippen molar-refractivity contribution in [3.8, 4) is 11.3 Å². The average Bonchev–Trinajstić information content (AvgIpc) is 3.12. The van der Waals surface area contributed by atoms with Gasteiger partial charge in [-0.1, -0.05) is 54.6 Å². The molecule has 6 nitrogen and oxygen atoms in total. The number of rotatable bonds is 6. The van der Waals surface area contributed by atoms with E-state index in [-0.39, 0.29) is 24.8 Å². The first-order chi connectivity index (χ1) is 14.6. The van der Waals surface area contributed by atoms with Gasteiger partial charge in [-0.25, -0.2) is 4.98 Å². The van der Waals surface area contributed by atoms with Crippen molar-refractivity contribution in [3.63, 3.8) is 0 Å². The topological polar surface area (TPSA) is 75.5 Å². The van der Waals surface area contributed by atoms with Gasteiger partial charge in [0.25, 0.3) is 5.91 Å². The van der Waals surface area contributed by atoms with Crippen LogP contribution in [0, 0.1) is 6.92 Å². The van der Waals surface area contributed by atoms with Crippen molar-refractivity contribution in [1.82, 2.24) is 14.7 Å². The molecule has 2 aromatic carbocycles. The number of amides is 2. The smallest absolute Gasteiger partial charge is 0.251 e. The summed E-state index contributed by atoms with van der Waals surface area (Å²) in [5.74, 6) is 0.238. The number of aryl methyl sites for hydroxylation is 1. The second-order valence-electron chi connectivity index (χ2n) is 7.03. The predicted octanol–water partition coefficient (Wildman–Crippen LogP) is 4.07. The van der Waals surface area contributed by atoms with E-state index in [1.807, 2.05) is 66.1 Å². The number of hydrogen-bond donors (Lipinski definition) is 2. The number of nitrogens with one attached hydrogen (secondary N) is 2. The molecule has 0 aliphatic carbocycles. The maximum Gasteiger partial charge on any atom is 0.251 e. The first kappa shape index (κ1) is 19.4. The first-order valence-corrected chi connectivity index (χ1v) is 9.79. The molecule has 0 aliphatic rings. The summed E-state index contributed by atoms with van der Waals surface area (Å²) in [5.41, 5.74) is 4.02. The normalized spacial score (nSPS) is 10.7. The average molecular weight is 398 g/mol. The number of aromatic nitrogens is 2. The van der Waals surface area contributed by atoms with Crippen molar-refractivity contribution in [2.45, 2.75) is 13.3 Å². The minimum absolute atomic E-state index is 0.159. The van der Waals surface area contributed by atoms with Crippen LogP contribution >= 0.6 is 0 Å². The summed E-state index contributed by atoms with van der Waals surface area (Å²) >= 11 is 0. The van der Waals surface area contributed by atoms with E-state index in [9.17, 15) is 9.59 Å². The number of fused-ring (bicyclic) bond motifs is 1. The van der Waals surface area contributed by atoms with Crippen molar-refractivity contribution in [2.75, 3.05) is 11.9 Å². The minimum Gasteiger partial charge on any atom is -0.352 e. The van der Waals surface area contributed by atoms with Crippen molar-refractivity contribution in [2.24, 2.45) is 0 Å². The van der Waals surface area contributed by atoms with Gasteiger partial charge in [0.2, 0.25) is 5.91 Å². The zero-order valence-electron chi connectivity index (χ0n) is 16.6. The lowest BCUT2D eigenvalue weighted by Crippen LogP contribution is -2.27. The minimum atomic E-state index is -0.196. The third-order valence-corrected chi connectivity index (χ3v) is 4.75. The Morgan fingerprint density at radius 2 is 1.63 bits per heavy atom. The van der Waals surface area contributed by atoms with E-state index in [4.69, 9.17) is 4.98 Å². The van der Waals surface area contributed by atoms with Gasteiger partial charge in [-0.05, 0) is 30.7 Å². The molecule has 2 amide bonds. The van der Waals surface area contributed by atoms with E-state index < -0.39 is 0 Å². The molecule has 0 fully saturated rings. The molecule has 0 aliphatic heterocycles. The molecule has 0 saturated carbocycles. The third kappa shape index (κ3) is 4.22. The monoisotopic (exact) mass is 398 g/mol. The molecule has 6 heteroatoms. The fourth-order valence-corrected chi connectivity index (χ4v) is 3.24. The van der Waals surface area contributed by atoms with Gasteiger partial charge >= 0.3 is 0 Å². The van der Waals surface area contributed by atoms with Gasteiger partial charge in [0.05, 0.1) is 0 Å². The Hall–Kier alpha value is -3.93. The van der Waals surface area contributed by atoms with Crippen LogP contribution < -0.4 is 10.6 Å². The van der Waals surface area contributed by atoms with Gasteiger partial charge in [-0.3, -0.25) is 14.0 Å². The van der Waals surface area contributed by atoms with Crippen molar-refractivity contribution in [1.29, 1.82) is 0 Å². The molecular weight excluding hydrogens is 376 g/mol. The van der Waals surface area contributed by atoms with E-state index >= 15 is 0 Å². The molecule has 0 atom stereocenters. The summed E-state index contributed by atoms with van der Waals surface area (Å²) in [7, 11) is 0. The van der Waals surface area contributed by atoms with E-state index in [0.717, 1.165) is 16.8 Å². The van der Waals surface area contributed by atoms with Crippen molar-refractivity contribution >= 4 is 23.3 Å². The maximum absolute atomic E-state index is 12.6. The van der Waals surface area contributed by atoms with Crippen LogP contribution in [0.1, 0.15) is 22.3 Å². The van der Waals surface area contributed by atoms with Crippen LogP contribution in [-0.2, 0) is 4.79 Å². The van der Waals surface area contributed by atoms with Crippen LogP contribution in [0.15, 0.2) is 79.0 Å².